The van der Waals surface area contributed by atoms with E-state index in [1.165, 1.54) is 12.1 Å². The third-order valence-corrected chi connectivity index (χ3v) is 6.39. The lowest BCUT2D eigenvalue weighted by Gasteiger charge is -2.18. The lowest BCUT2D eigenvalue weighted by Crippen LogP contribution is -2.28. The van der Waals surface area contributed by atoms with Gasteiger partial charge in [-0.2, -0.15) is 0 Å². The Kier molecular flexibility index (Phi) is 6.97. The maximum atomic E-state index is 12.9. The molecule has 0 radical (unpaired) electrons. The predicted octanol–water partition coefficient (Wildman–Crippen LogP) is 4.69. The van der Waals surface area contributed by atoms with E-state index in [1.54, 1.807) is 31.4 Å². The van der Waals surface area contributed by atoms with Gasteiger partial charge in [-0.25, -0.2) is 8.42 Å². The number of benzene rings is 3. The van der Waals surface area contributed by atoms with Gasteiger partial charge in [0.1, 0.15) is 5.75 Å². The Morgan fingerprint density at radius 2 is 1.71 bits per heavy atom. The molecule has 0 saturated heterocycles. The number of rotatable bonds is 8. The minimum atomic E-state index is -3.83. The van der Waals surface area contributed by atoms with Crippen LogP contribution >= 0.6 is 0 Å². The normalized spacial score (nSPS) is 12.1. The van der Waals surface area contributed by atoms with E-state index < -0.39 is 10.0 Å². The second kappa shape index (κ2) is 9.66. The topological polar surface area (TPSA) is 84.5 Å². The zero-order valence-electron chi connectivity index (χ0n) is 17.8. The smallest absolute Gasteiger partial charge is 0.261 e. The summed E-state index contributed by atoms with van der Waals surface area (Å²) in [5.74, 6) is 0.402. The Morgan fingerprint density at radius 1 is 1.00 bits per heavy atom. The molecule has 1 atom stereocenters. The van der Waals surface area contributed by atoms with E-state index in [4.69, 9.17) is 4.74 Å². The number of nitrogens with one attached hydrogen (secondary N) is 2. The van der Waals surface area contributed by atoms with Crippen molar-refractivity contribution in [1.82, 2.24) is 5.32 Å². The van der Waals surface area contributed by atoms with Crippen molar-refractivity contribution in [2.45, 2.75) is 31.2 Å². The van der Waals surface area contributed by atoms with Crippen LogP contribution < -0.4 is 14.8 Å². The molecule has 3 aromatic rings. The molecular formula is C24H26N2O4S. The molecule has 0 spiro atoms. The molecule has 0 aliphatic carbocycles. The summed E-state index contributed by atoms with van der Waals surface area (Å²) in [4.78, 5) is 12.9. The van der Waals surface area contributed by atoms with Crippen molar-refractivity contribution < 1.29 is 17.9 Å². The van der Waals surface area contributed by atoms with Crippen LogP contribution in [0.3, 0.4) is 0 Å². The van der Waals surface area contributed by atoms with Crippen molar-refractivity contribution in [1.29, 1.82) is 0 Å². The van der Waals surface area contributed by atoms with E-state index in [1.807, 2.05) is 50.2 Å². The molecule has 0 aliphatic rings. The number of aryl methyl sites for hydroxylation is 1. The van der Waals surface area contributed by atoms with Crippen LogP contribution in [-0.4, -0.2) is 21.4 Å². The number of carbonyl (C=O) groups excluding carboxylic acids is 1. The fourth-order valence-electron chi connectivity index (χ4n) is 3.19. The second-order valence-corrected chi connectivity index (χ2v) is 8.84. The van der Waals surface area contributed by atoms with Gasteiger partial charge < -0.3 is 10.1 Å². The lowest BCUT2D eigenvalue weighted by atomic mass is 10.0. The SMILES string of the molecule is CC[C@H](NC(=O)c1cccc(S(=O)(=O)Nc2ccccc2C)c1)c1ccc(OC)cc1. The van der Waals surface area contributed by atoms with Gasteiger partial charge in [-0.3, -0.25) is 9.52 Å². The molecule has 0 aromatic heterocycles. The largest absolute Gasteiger partial charge is 0.497 e. The molecule has 0 saturated carbocycles. The molecule has 0 fully saturated rings. The lowest BCUT2D eigenvalue weighted by molar-refractivity contribution is 0.0935. The first-order chi connectivity index (χ1) is 14.8. The Hall–Kier alpha value is -3.32. The highest BCUT2D eigenvalue weighted by molar-refractivity contribution is 7.92. The number of hydrogen-bond donors (Lipinski definition) is 2. The van der Waals surface area contributed by atoms with Crippen molar-refractivity contribution in [3.05, 3.63) is 89.5 Å². The van der Waals surface area contributed by atoms with Gasteiger partial charge in [0.15, 0.2) is 0 Å². The van der Waals surface area contributed by atoms with Crippen LogP contribution in [0, 0.1) is 6.92 Å². The van der Waals surface area contributed by atoms with Crippen LogP contribution in [0.5, 0.6) is 5.75 Å². The van der Waals surface area contributed by atoms with Crippen LogP contribution in [-0.2, 0) is 10.0 Å². The summed E-state index contributed by atoms with van der Waals surface area (Å²) in [7, 11) is -2.23. The summed E-state index contributed by atoms with van der Waals surface area (Å²) in [5, 5.41) is 2.98. The number of carbonyl (C=O) groups is 1. The molecule has 3 aromatic carbocycles. The molecule has 2 N–H and O–H groups in total. The molecule has 1 amide bonds. The van der Waals surface area contributed by atoms with Crippen molar-refractivity contribution >= 4 is 21.6 Å². The standard InChI is InChI=1S/C24H26N2O4S/c1-4-22(18-12-14-20(30-3)15-13-18)25-24(27)19-9-7-10-21(16-19)31(28,29)26-23-11-6-5-8-17(23)2/h5-16,22,26H,4H2,1-3H3,(H,25,27)/t22-/m0/s1. The molecule has 31 heavy (non-hydrogen) atoms. The van der Waals surface area contributed by atoms with E-state index >= 15 is 0 Å². The monoisotopic (exact) mass is 438 g/mol. The van der Waals surface area contributed by atoms with Crippen molar-refractivity contribution in [3.8, 4) is 5.75 Å². The van der Waals surface area contributed by atoms with Crippen LogP contribution in [0.15, 0.2) is 77.7 Å². The van der Waals surface area contributed by atoms with Crippen molar-refractivity contribution in [2.24, 2.45) is 0 Å². The quantitative estimate of drug-likeness (QED) is 0.535. The van der Waals surface area contributed by atoms with Crippen LogP contribution in [0.25, 0.3) is 0 Å². The van der Waals surface area contributed by atoms with Gasteiger partial charge in [-0.1, -0.05) is 43.3 Å². The van der Waals surface area contributed by atoms with Gasteiger partial charge in [0.05, 0.1) is 23.7 Å². The van der Waals surface area contributed by atoms with E-state index in [-0.39, 0.29) is 22.4 Å². The number of hydrogen-bond acceptors (Lipinski definition) is 4. The number of amides is 1. The highest BCUT2D eigenvalue weighted by Crippen LogP contribution is 2.22. The molecule has 7 heteroatoms. The average molecular weight is 439 g/mol. The average Bonchev–Trinajstić information content (AvgIpc) is 2.79. The van der Waals surface area contributed by atoms with E-state index in [0.717, 1.165) is 16.9 Å². The van der Waals surface area contributed by atoms with Gasteiger partial charge >= 0.3 is 0 Å². The maximum absolute atomic E-state index is 12.9. The fraction of sp³-hybridized carbons (Fsp3) is 0.208. The van der Waals surface area contributed by atoms with E-state index in [0.29, 0.717) is 12.1 Å². The number of ether oxygens (including phenoxy) is 1. The molecule has 0 unspecified atom stereocenters. The van der Waals surface area contributed by atoms with E-state index in [9.17, 15) is 13.2 Å². The molecule has 0 aliphatic heterocycles. The number of methoxy groups -OCH3 is 1. The first-order valence-corrected chi connectivity index (χ1v) is 11.5. The Morgan fingerprint density at radius 3 is 2.35 bits per heavy atom. The highest BCUT2D eigenvalue weighted by atomic mass is 32.2. The Bertz CT molecular complexity index is 1160. The number of para-hydroxylation sites is 1. The molecule has 162 valence electrons. The second-order valence-electron chi connectivity index (χ2n) is 7.16. The van der Waals surface area contributed by atoms with Crippen LogP contribution in [0.4, 0.5) is 5.69 Å². The van der Waals surface area contributed by atoms with Gasteiger partial charge in [0.25, 0.3) is 15.9 Å². The van der Waals surface area contributed by atoms with Crippen molar-refractivity contribution in [2.75, 3.05) is 11.8 Å². The van der Waals surface area contributed by atoms with Gasteiger partial charge in [0.2, 0.25) is 0 Å². The molecular weight excluding hydrogens is 412 g/mol. The van der Waals surface area contributed by atoms with Gasteiger partial charge in [-0.05, 0) is 60.9 Å². The number of sulfonamides is 1. The summed E-state index contributed by atoms with van der Waals surface area (Å²) in [5.41, 5.74) is 2.54. The summed E-state index contributed by atoms with van der Waals surface area (Å²) in [6.45, 7) is 3.80. The molecule has 3 rings (SSSR count). The first kappa shape index (κ1) is 22.4. The Labute approximate surface area is 183 Å². The molecule has 0 bridgehead atoms. The van der Waals surface area contributed by atoms with Crippen LogP contribution in [0.2, 0.25) is 0 Å². The maximum Gasteiger partial charge on any atom is 0.261 e. The minimum Gasteiger partial charge on any atom is -0.497 e. The third kappa shape index (κ3) is 5.44. The fourth-order valence-corrected chi connectivity index (χ4v) is 4.37. The molecule has 0 heterocycles. The summed E-state index contributed by atoms with van der Waals surface area (Å²) >= 11 is 0. The first-order valence-electron chi connectivity index (χ1n) is 9.97. The van der Waals surface area contributed by atoms with Crippen molar-refractivity contribution in [3.63, 3.8) is 0 Å². The summed E-state index contributed by atoms with van der Waals surface area (Å²) in [6.07, 6.45) is 0.685. The predicted molar refractivity (Wildman–Crippen MR) is 122 cm³/mol. The number of anilines is 1. The molecule has 6 nitrogen and oxygen atoms in total. The zero-order chi connectivity index (χ0) is 22.4. The van der Waals surface area contributed by atoms with Gasteiger partial charge in [-0.15, -0.1) is 0 Å². The minimum absolute atomic E-state index is 0.0286. The summed E-state index contributed by atoms with van der Waals surface area (Å²) < 4.78 is 33.4. The van der Waals surface area contributed by atoms with Gasteiger partial charge in [0, 0.05) is 5.56 Å². The summed E-state index contributed by atoms with van der Waals surface area (Å²) in [6, 6.07) is 20.4. The van der Waals surface area contributed by atoms with Crippen LogP contribution in [0.1, 0.15) is 40.9 Å². The zero-order valence-corrected chi connectivity index (χ0v) is 18.6. The third-order valence-electron chi connectivity index (χ3n) is 5.03. The van der Waals surface area contributed by atoms with E-state index in [2.05, 4.69) is 10.0 Å². The highest BCUT2D eigenvalue weighted by Gasteiger charge is 2.19. The Balaban J connectivity index is 1.79.